The van der Waals surface area contributed by atoms with Crippen LogP contribution in [-0.4, -0.2) is 11.0 Å². The Hall–Kier alpha value is -0.610. The summed E-state index contributed by atoms with van der Waals surface area (Å²) in [7, 11) is 0. The molecule has 2 heterocycles. The van der Waals surface area contributed by atoms with Crippen molar-refractivity contribution in [3.63, 3.8) is 0 Å². The molecule has 1 N–H and O–H groups in total. The highest BCUT2D eigenvalue weighted by molar-refractivity contribution is 9.10. The smallest absolute Gasteiger partial charge is 0.144 e. The lowest BCUT2D eigenvalue weighted by molar-refractivity contribution is 1.12. The Kier molecular flexibility index (Phi) is 1.99. The van der Waals surface area contributed by atoms with Crippen molar-refractivity contribution in [2.45, 2.75) is 18.9 Å². The molecule has 4 heteroatoms. The van der Waals surface area contributed by atoms with E-state index in [1.165, 1.54) is 22.9 Å². The van der Waals surface area contributed by atoms with Crippen molar-refractivity contribution in [3.05, 3.63) is 22.1 Å². The summed E-state index contributed by atoms with van der Waals surface area (Å²) in [6.45, 7) is 0. The van der Waals surface area contributed by atoms with E-state index in [-0.39, 0.29) is 0 Å². The molecule has 1 aliphatic rings. The highest BCUT2D eigenvalue weighted by Gasteiger charge is 2.22. The fourth-order valence-corrected chi connectivity index (χ4v) is 2.89. The van der Waals surface area contributed by atoms with Crippen LogP contribution >= 0.6 is 27.3 Å². The van der Waals surface area contributed by atoms with Crippen molar-refractivity contribution in [1.82, 2.24) is 4.98 Å². The molecule has 2 nitrogen and oxygen atoms in total. The number of fused-ring (bicyclic) bond motifs is 1. The molecule has 1 saturated carbocycles. The second-order valence-electron chi connectivity index (χ2n) is 3.54. The van der Waals surface area contributed by atoms with Crippen LogP contribution in [0, 0.1) is 0 Å². The second-order valence-corrected chi connectivity index (χ2v) is 5.31. The maximum Gasteiger partial charge on any atom is 0.144 e. The molecular formula is C10H9BrN2S. The zero-order valence-electron chi connectivity index (χ0n) is 7.46. The first-order chi connectivity index (χ1) is 6.84. The van der Waals surface area contributed by atoms with Gasteiger partial charge in [0.15, 0.2) is 0 Å². The third-order valence-corrected chi connectivity index (χ3v) is 3.92. The summed E-state index contributed by atoms with van der Waals surface area (Å²) in [5.74, 6) is 1.04. The van der Waals surface area contributed by atoms with E-state index in [1.54, 1.807) is 11.3 Å². The molecule has 72 valence electrons. The SMILES string of the molecule is Brc1cnc(NC2CC2)c2sccc12. The number of nitrogens with zero attached hydrogens (tertiary/aromatic N) is 1. The highest BCUT2D eigenvalue weighted by Crippen LogP contribution is 2.34. The maximum atomic E-state index is 4.41. The fourth-order valence-electron chi connectivity index (χ4n) is 1.45. The van der Waals surface area contributed by atoms with Gasteiger partial charge < -0.3 is 5.32 Å². The van der Waals surface area contributed by atoms with Gasteiger partial charge >= 0.3 is 0 Å². The van der Waals surface area contributed by atoms with Crippen LogP contribution in [0.25, 0.3) is 10.1 Å². The van der Waals surface area contributed by atoms with Crippen LogP contribution in [0.3, 0.4) is 0 Å². The topological polar surface area (TPSA) is 24.9 Å². The molecule has 0 aromatic carbocycles. The minimum absolute atomic E-state index is 0.661. The maximum absolute atomic E-state index is 4.41. The molecule has 0 radical (unpaired) electrons. The minimum atomic E-state index is 0.661. The summed E-state index contributed by atoms with van der Waals surface area (Å²) >= 11 is 5.25. The van der Waals surface area contributed by atoms with Gasteiger partial charge in [-0.05, 0) is 40.2 Å². The average Bonchev–Trinajstić information content (AvgIpc) is 2.83. The van der Waals surface area contributed by atoms with Crippen LogP contribution in [-0.2, 0) is 0 Å². The number of thiophene rings is 1. The number of rotatable bonds is 2. The molecule has 0 spiro atoms. The Bertz CT molecular complexity index is 476. The molecule has 3 rings (SSSR count). The van der Waals surface area contributed by atoms with Gasteiger partial charge in [0.25, 0.3) is 0 Å². The molecule has 14 heavy (non-hydrogen) atoms. The zero-order chi connectivity index (χ0) is 9.54. The number of halogens is 1. The van der Waals surface area contributed by atoms with Crippen LogP contribution in [0.4, 0.5) is 5.82 Å². The normalized spacial score (nSPS) is 16.1. The van der Waals surface area contributed by atoms with Gasteiger partial charge in [0.1, 0.15) is 5.82 Å². The van der Waals surface area contributed by atoms with E-state index in [4.69, 9.17) is 0 Å². The first-order valence-electron chi connectivity index (χ1n) is 4.63. The van der Waals surface area contributed by atoms with Crippen LogP contribution in [0.2, 0.25) is 0 Å². The van der Waals surface area contributed by atoms with E-state index in [0.717, 1.165) is 10.3 Å². The van der Waals surface area contributed by atoms with Crippen molar-refractivity contribution in [2.24, 2.45) is 0 Å². The third kappa shape index (κ3) is 1.42. The van der Waals surface area contributed by atoms with E-state index >= 15 is 0 Å². The van der Waals surface area contributed by atoms with Gasteiger partial charge in [-0.25, -0.2) is 4.98 Å². The first kappa shape index (κ1) is 8.68. The summed E-state index contributed by atoms with van der Waals surface area (Å²) in [6, 6.07) is 2.79. The Balaban J connectivity index is 2.12. The Morgan fingerprint density at radius 3 is 3.14 bits per heavy atom. The van der Waals surface area contributed by atoms with Crippen molar-refractivity contribution >= 4 is 43.2 Å². The minimum Gasteiger partial charge on any atom is -0.366 e. The number of hydrogen-bond donors (Lipinski definition) is 1. The van der Waals surface area contributed by atoms with E-state index in [0.29, 0.717) is 6.04 Å². The van der Waals surface area contributed by atoms with Crippen molar-refractivity contribution in [2.75, 3.05) is 5.32 Å². The van der Waals surface area contributed by atoms with Gasteiger partial charge in [0.2, 0.25) is 0 Å². The molecule has 1 fully saturated rings. The first-order valence-corrected chi connectivity index (χ1v) is 6.30. The number of aromatic nitrogens is 1. The molecule has 0 saturated heterocycles. The highest BCUT2D eigenvalue weighted by atomic mass is 79.9. The molecule has 1 aliphatic carbocycles. The predicted molar refractivity (Wildman–Crippen MR) is 64.0 cm³/mol. The fraction of sp³-hybridized carbons (Fsp3) is 0.300. The van der Waals surface area contributed by atoms with Crippen molar-refractivity contribution < 1.29 is 0 Å². The zero-order valence-corrected chi connectivity index (χ0v) is 9.86. The van der Waals surface area contributed by atoms with Gasteiger partial charge in [-0.3, -0.25) is 0 Å². The number of pyridine rings is 1. The Labute approximate surface area is 94.5 Å². The lowest BCUT2D eigenvalue weighted by Crippen LogP contribution is -2.02. The van der Waals surface area contributed by atoms with Crippen molar-refractivity contribution in [3.8, 4) is 0 Å². The van der Waals surface area contributed by atoms with E-state index in [2.05, 4.69) is 37.7 Å². The van der Waals surface area contributed by atoms with Crippen LogP contribution in [0.1, 0.15) is 12.8 Å². The quantitative estimate of drug-likeness (QED) is 0.900. The molecule has 0 bridgehead atoms. The summed E-state index contributed by atoms with van der Waals surface area (Å²) in [4.78, 5) is 4.41. The van der Waals surface area contributed by atoms with Crippen LogP contribution in [0.15, 0.2) is 22.1 Å². The van der Waals surface area contributed by atoms with E-state index < -0.39 is 0 Å². The van der Waals surface area contributed by atoms with Gasteiger partial charge in [0, 0.05) is 22.1 Å². The van der Waals surface area contributed by atoms with Crippen molar-refractivity contribution in [1.29, 1.82) is 0 Å². The molecule has 0 unspecified atom stereocenters. The number of anilines is 1. The van der Waals surface area contributed by atoms with Crippen LogP contribution in [0.5, 0.6) is 0 Å². The van der Waals surface area contributed by atoms with Gasteiger partial charge in [-0.15, -0.1) is 11.3 Å². The predicted octanol–water partition coefficient (Wildman–Crippen LogP) is 3.63. The Morgan fingerprint density at radius 1 is 1.50 bits per heavy atom. The van der Waals surface area contributed by atoms with E-state index in [9.17, 15) is 0 Å². The van der Waals surface area contributed by atoms with Crippen LogP contribution < -0.4 is 5.32 Å². The van der Waals surface area contributed by atoms with E-state index in [1.807, 2.05) is 6.20 Å². The lowest BCUT2D eigenvalue weighted by Gasteiger charge is -2.04. The molecule has 2 aromatic heterocycles. The largest absolute Gasteiger partial charge is 0.366 e. The molecular weight excluding hydrogens is 260 g/mol. The summed E-state index contributed by atoms with van der Waals surface area (Å²) in [5.41, 5.74) is 0. The second kappa shape index (κ2) is 3.21. The third-order valence-electron chi connectivity index (χ3n) is 2.36. The van der Waals surface area contributed by atoms with Gasteiger partial charge in [0.05, 0.1) is 4.70 Å². The molecule has 0 aliphatic heterocycles. The summed E-state index contributed by atoms with van der Waals surface area (Å²) < 4.78 is 2.33. The molecule has 2 aromatic rings. The Morgan fingerprint density at radius 2 is 2.36 bits per heavy atom. The molecule has 0 atom stereocenters. The molecule has 0 amide bonds. The monoisotopic (exact) mass is 268 g/mol. The van der Waals surface area contributed by atoms with Gasteiger partial charge in [-0.1, -0.05) is 0 Å². The number of nitrogens with one attached hydrogen (secondary N) is 1. The summed E-state index contributed by atoms with van der Waals surface area (Å²) in [5, 5.41) is 6.81. The number of hydrogen-bond acceptors (Lipinski definition) is 3. The average molecular weight is 269 g/mol. The summed E-state index contributed by atoms with van der Waals surface area (Å²) in [6.07, 6.45) is 4.44. The lowest BCUT2D eigenvalue weighted by atomic mass is 10.3. The standard InChI is InChI=1S/C10H9BrN2S/c11-8-5-12-10(13-6-1-2-6)9-7(8)3-4-14-9/h3-6H,1-2H2,(H,12,13). The van der Waals surface area contributed by atoms with Gasteiger partial charge in [-0.2, -0.15) is 0 Å².